The first-order valence-corrected chi connectivity index (χ1v) is 7.81. The van der Waals surface area contributed by atoms with Gasteiger partial charge in [0.05, 0.1) is 11.3 Å². The zero-order valence-electron chi connectivity index (χ0n) is 11.3. The number of thioether (sulfide) groups is 1. The van der Waals surface area contributed by atoms with Gasteiger partial charge in [-0.1, -0.05) is 6.07 Å². The quantitative estimate of drug-likeness (QED) is 0.800. The molecule has 1 aliphatic rings. The number of nitrogens with zero attached hydrogens (tertiary/aromatic N) is 2. The van der Waals surface area contributed by atoms with Gasteiger partial charge in [0.2, 0.25) is 0 Å². The molecule has 1 aromatic carbocycles. The van der Waals surface area contributed by atoms with Crippen LogP contribution in [0, 0.1) is 11.3 Å². The van der Waals surface area contributed by atoms with E-state index in [2.05, 4.69) is 21.6 Å². The highest BCUT2D eigenvalue weighted by Gasteiger charge is 2.10. The maximum atomic E-state index is 9.26. The molecule has 1 heterocycles. The third-order valence-electron chi connectivity index (χ3n) is 3.31. The molecule has 1 saturated heterocycles. The molecule has 102 valence electrons. The Morgan fingerprint density at radius 1 is 1.42 bits per heavy atom. The molecule has 0 bridgehead atoms. The van der Waals surface area contributed by atoms with E-state index in [9.17, 15) is 5.26 Å². The summed E-state index contributed by atoms with van der Waals surface area (Å²) in [5.74, 6) is 0. The number of nitriles is 1. The molecule has 1 aromatic rings. The first-order valence-electron chi connectivity index (χ1n) is 6.59. The normalized spacial score (nSPS) is 16.0. The van der Waals surface area contributed by atoms with Crippen molar-refractivity contribution in [1.29, 1.82) is 5.26 Å². The van der Waals surface area contributed by atoms with Crippen molar-refractivity contribution in [2.75, 3.05) is 50.8 Å². The van der Waals surface area contributed by atoms with Crippen LogP contribution < -0.4 is 10.6 Å². The van der Waals surface area contributed by atoms with Crippen LogP contribution in [0.2, 0.25) is 0 Å². The zero-order valence-corrected chi connectivity index (χ0v) is 12.1. The average molecular weight is 276 g/mol. The van der Waals surface area contributed by atoms with Crippen LogP contribution in [0.3, 0.4) is 0 Å². The Morgan fingerprint density at radius 2 is 2.21 bits per heavy atom. The Hall–Kier alpha value is -1.22. The van der Waals surface area contributed by atoms with Crippen molar-refractivity contribution in [1.82, 2.24) is 10.2 Å². The highest BCUT2D eigenvalue weighted by atomic mass is 32.2. The zero-order chi connectivity index (χ0) is 13.5. The first kappa shape index (κ1) is 14.2. The fourth-order valence-corrected chi connectivity index (χ4v) is 2.82. The van der Waals surface area contributed by atoms with Crippen molar-refractivity contribution >= 4 is 17.4 Å². The fourth-order valence-electron chi connectivity index (χ4n) is 2.25. The smallest absolute Gasteiger partial charge is 0.102 e. The van der Waals surface area contributed by atoms with E-state index in [1.54, 1.807) is 11.8 Å². The van der Waals surface area contributed by atoms with Crippen molar-refractivity contribution in [3.63, 3.8) is 0 Å². The van der Waals surface area contributed by atoms with Crippen molar-refractivity contribution in [3.8, 4) is 6.07 Å². The van der Waals surface area contributed by atoms with Gasteiger partial charge in [0.25, 0.3) is 0 Å². The van der Waals surface area contributed by atoms with E-state index in [1.807, 2.05) is 24.5 Å². The molecule has 0 aliphatic carbocycles. The Bertz CT molecular complexity index is 449. The van der Waals surface area contributed by atoms with Crippen LogP contribution in [0.25, 0.3) is 0 Å². The summed E-state index contributed by atoms with van der Waals surface area (Å²) < 4.78 is 0. The van der Waals surface area contributed by atoms with E-state index in [4.69, 9.17) is 0 Å². The molecular weight excluding hydrogens is 256 g/mol. The summed E-state index contributed by atoms with van der Waals surface area (Å²) in [6.45, 7) is 6.27. The number of hydrogen-bond acceptors (Lipinski definition) is 5. The van der Waals surface area contributed by atoms with Crippen molar-refractivity contribution < 1.29 is 0 Å². The summed E-state index contributed by atoms with van der Waals surface area (Å²) >= 11 is 1.61. The molecule has 1 fully saturated rings. The van der Waals surface area contributed by atoms with E-state index < -0.39 is 0 Å². The summed E-state index contributed by atoms with van der Waals surface area (Å²) in [4.78, 5) is 3.48. The van der Waals surface area contributed by atoms with Crippen molar-refractivity contribution in [2.24, 2.45) is 0 Å². The fraction of sp³-hybridized carbons (Fsp3) is 0.500. The van der Waals surface area contributed by atoms with Gasteiger partial charge in [0, 0.05) is 44.2 Å². The van der Waals surface area contributed by atoms with Gasteiger partial charge in [0.1, 0.15) is 6.07 Å². The lowest BCUT2D eigenvalue weighted by Crippen LogP contribution is -2.45. The number of anilines is 1. The Kier molecular flexibility index (Phi) is 5.52. The minimum atomic E-state index is 0.760. The second-order valence-electron chi connectivity index (χ2n) is 4.51. The van der Waals surface area contributed by atoms with E-state index in [0.717, 1.165) is 55.4 Å². The number of piperazine rings is 1. The maximum Gasteiger partial charge on any atom is 0.102 e. The minimum Gasteiger partial charge on any atom is -0.383 e. The first-order chi connectivity index (χ1) is 9.35. The third kappa shape index (κ3) is 3.87. The predicted octanol–water partition coefficient (Wildman–Crippen LogP) is 1.60. The van der Waals surface area contributed by atoms with Crippen LogP contribution in [0.5, 0.6) is 0 Å². The Labute approximate surface area is 119 Å². The Balaban J connectivity index is 1.90. The van der Waals surface area contributed by atoms with E-state index in [-0.39, 0.29) is 0 Å². The number of benzene rings is 1. The third-order valence-corrected chi connectivity index (χ3v) is 4.09. The molecule has 5 heteroatoms. The van der Waals surface area contributed by atoms with Gasteiger partial charge in [-0.15, -0.1) is 11.8 Å². The number of hydrogen-bond donors (Lipinski definition) is 2. The summed E-state index contributed by atoms with van der Waals surface area (Å²) in [5, 5.41) is 16.0. The highest BCUT2D eigenvalue weighted by Crippen LogP contribution is 2.25. The topological polar surface area (TPSA) is 51.1 Å². The highest BCUT2D eigenvalue weighted by molar-refractivity contribution is 7.98. The van der Waals surface area contributed by atoms with Crippen molar-refractivity contribution in [2.45, 2.75) is 4.90 Å². The van der Waals surface area contributed by atoms with Gasteiger partial charge < -0.3 is 10.6 Å². The van der Waals surface area contributed by atoms with E-state index in [0.29, 0.717) is 0 Å². The molecule has 0 radical (unpaired) electrons. The lowest BCUT2D eigenvalue weighted by molar-refractivity contribution is 0.249. The second-order valence-corrected chi connectivity index (χ2v) is 5.36. The molecule has 19 heavy (non-hydrogen) atoms. The molecule has 0 amide bonds. The van der Waals surface area contributed by atoms with Crippen LogP contribution in [-0.2, 0) is 0 Å². The summed E-state index contributed by atoms with van der Waals surface area (Å²) in [6.07, 6.45) is 2.00. The molecule has 4 nitrogen and oxygen atoms in total. The lowest BCUT2D eigenvalue weighted by Gasteiger charge is -2.27. The average Bonchev–Trinajstić information content (AvgIpc) is 2.48. The van der Waals surface area contributed by atoms with Crippen LogP contribution in [0.15, 0.2) is 23.1 Å². The lowest BCUT2D eigenvalue weighted by atomic mass is 10.2. The van der Waals surface area contributed by atoms with Gasteiger partial charge in [0.15, 0.2) is 0 Å². The van der Waals surface area contributed by atoms with Gasteiger partial charge in [-0.05, 0) is 18.4 Å². The Morgan fingerprint density at radius 3 is 2.89 bits per heavy atom. The monoisotopic (exact) mass is 276 g/mol. The molecule has 1 aliphatic heterocycles. The van der Waals surface area contributed by atoms with Crippen molar-refractivity contribution in [3.05, 3.63) is 23.8 Å². The van der Waals surface area contributed by atoms with E-state index in [1.165, 1.54) is 0 Å². The van der Waals surface area contributed by atoms with Crippen LogP contribution in [0.1, 0.15) is 5.56 Å². The molecule has 2 rings (SSSR count). The van der Waals surface area contributed by atoms with Gasteiger partial charge in [-0.3, -0.25) is 4.90 Å². The molecule has 0 aromatic heterocycles. The summed E-state index contributed by atoms with van der Waals surface area (Å²) in [6, 6.07) is 8.27. The predicted molar refractivity (Wildman–Crippen MR) is 80.7 cm³/mol. The second kappa shape index (κ2) is 7.39. The largest absolute Gasteiger partial charge is 0.383 e. The van der Waals surface area contributed by atoms with Crippen LogP contribution in [-0.4, -0.2) is 50.4 Å². The SMILES string of the molecule is CSc1cccc(NCCN2CCNCC2)c1C#N. The molecule has 0 atom stereocenters. The van der Waals surface area contributed by atoms with Gasteiger partial charge in [-0.25, -0.2) is 0 Å². The van der Waals surface area contributed by atoms with E-state index >= 15 is 0 Å². The maximum absolute atomic E-state index is 9.26. The van der Waals surface area contributed by atoms with Gasteiger partial charge >= 0.3 is 0 Å². The summed E-state index contributed by atoms with van der Waals surface area (Å²) in [5.41, 5.74) is 1.71. The molecule has 0 unspecified atom stereocenters. The molecular formula is C14H20N4S. The number of rotatable bonds is 5. The number of nitrogens with one attached hydrogen (secondary N) is 2. The molecule has 0 spiro atoms. The standard InChI is InChI=1S/C14H20N4S/c1-19-14-4-2-3-13(12(14)11-15)17-7-10-18-8-5-16-6-9-18/h2-4,16-17H,5-10H2,1H3. The summed E-state index contributed by atoms with van der Waals surface area (Å²) in [7, 11) is 0. The van der Waals surface area contributed by atoms with Crippen LogP contribution in [0.4, 0.5) is 5.69 Å². The van der Waals surface area contributed by atoms with Gasteiger partial charge in [-0.2, -0.15) is 5.26 Å². The molecule has 0 saturated carbocycles. The molecule has 2 N–H and O–H groups in total. The van der Waals surface area contributed by atoms with Crippen LogP contribution >= 0.6 is 11.8 Å². The minimum absolute atomic E-state index is 0.760.